The molecule has 0 aromatic rings. The van der Waals surface area contributed by atoms with Crippen LogP contribution in [0.5, 0.6) is 0 Å². The molecule has 0 atom stereocenters. The second kappa shape index (κ2) is 7.10. The molecule has 0 unspecified atom stereocenters. The highest BCUT2D eigenvalue weighted by Gasteiger charge is 2.28. The molecule has 2 aliphatic rings. The van der Waals surface area contributed by atoms with E-state index < -0.39 is 5.79 Å². The molecule has 0 radical (unpaired) electrons. The summed E-state index contributed by atoms with van der Waals surface area (Å²) < 4.78 is 11.2. The minimum Gasteiger partial charge on any atom is -0.350 e. The van der Waals surface area contributed by atoms with Crippen molar-refractivity contribution in [2.75, 3.05) is 19.8 Å². The standard InChI is InChI=1S/C14H26N2O3/c1-14(18-10-5-11-19-14)8-9-15-13(17)16-12-6-3-2-4-7-12/h12H,2-11H2,1H3,(H2,15,16,17). The fourth-order valence-electron chi connectivity index (χ4n) is 2.71. The fraction of sp³-hybridized carbons (Fsp3) is 0.929. The maximum absolute atomic E-state index is 11.8. The van der Waals surface area contributed by atoms with Gasteiger partial charge in [-0.3, -0.25) is 0 Å². The van der Waals surface area contributed by atoms with Crippen LogP contribution in [-0.2, 0) is 9.47 Å². The van der Waals surface area contributed by atoms with E-state index in [4.69, 9.17) is 9.47 Å². The first-order valence-electron chi connectivity index (χ1n) is 7.50. The van der Waals surface area contributed by atoms with Gasteiger partial charge >= 0.3 is 6.03 Å². The molecule has 2 N–H and O–H groups in total. The van der Waals surface area contributed by atoms with Gasteiger partial charge in [-0.1, -0.05) is 19.3 Å². The van der Waals surface area contributed by atoms with Crippen LogP contribution in [0.3, 0.4) is 0 Å². The number of amides is 2. The molecule has 5 heteroatoms. The van der Waals surface area contributed by atoms with E-state index in [2.05, 4.69) is 10.6 Å². The highest BCUT2D eigenvalue weighted by Crippen LogP contribution is 2.21. The van der Waals surface area contributed by atoms with Gasteiger partial charge in [0.05, 0.1) is 13.2 Å². The predicted octanol–water partition coefficient (Wildman–Crippen LogP) is 2.16. The summed E-state index contributed by atoms with van der Waals surface area (Å²) in [6, 6.07) is 0.290. The summed E-state index contributed by atoms with van der Waals surface area (Å²) in [6.07, 6.45) is 7.60. The monoisotopic (exact) mass is 270 g/mol. The summed E-state index contributed by atoms with van der Waals surface area (Å²) in [7, 11) is 0. The molecule has 0 spiro atoms. The summed E-state index contributed by atoms with van der Waals surface area (Å²) in [5.74, 6) is -0.531. The maximum atomic E-state index is 11.8. The molecule has 1 aliphatic carbocycles. The zero-order valence-corrected chi connectivity index (χ0v) is 11.9. The molecule has 110 valence electrons. The molecule has 0 aromatic heterocycles. The number of rotatable bonds is 4. The fourth-order valence-corrected chi connectivity index (χ4v) is 2.71. The van der Waals surface area contributed by atoms with Crippen LogP contribution < -0.4 is 10.6 Å². The predicted molar refractivity (Wildman–Crippen MR) is 73.0 cm³/mol. The zero-order chi connectivity index (χ0) is 13.6. The molecule has 1 aliphatic heterocycles. The number of hydrogen-bond donors (Lipinski definition) is 2. The third-order valence-electron chi connectivity index (χ3n) is 3.91. The molecule has 19 heavy (non-hydrogen) atoms. The Balaban J connectivity index is 1.60. The van der Waals surface area contributed by atoms with Crippen molar-refractivity contribution >= 4 is 6.03 Å². The van der Waals surface area contributed by atoms with Crippen LogP contribution in [0.4, 0.5) is 4.79 Å². The van der Waals surface area contributed by atoms with Crippen LogP contribution >= 0.6 is 0 Å². The van der Waals surface area contributed by atoms with Gasteiger partial charge in [0.25, 0.3) is 0 Å². The number of urea groups is 1. The first-order valence-corrected chi connectivity index (χ1v) is 7.50. The summed E-state index contributed by atoms with van der Waals surface area (Å²) in [5.41, 5.74) is 0. The van der Waals surface area contributed by atoms with Gasteiger partial charge in [0.1, 0.15) is 0 Å². The molecule has 2 rings (SSSR count). The third-order valence-corrected chi connectivity index (χ3v) is 3.91. The van der Waals surface area contributed by atoms with Crippen molar-refractivity contribution in [1.82, 2.24) is 10.6 Å². The molecule has 1 saturated heterocycles. The maximum Gasteiger partial charge on any atom is 0.315 e. The highest BCUT2D eigenvalue weighted by atomic mass is 16.7. The molecule has 0 aromatic carbocycles. The quantitative estimate of drug-likeness (QED) is 0.823. The van der Waals surface area contributed by atoms with Crippen molar-refractivity contribution in [2.24, 2.45) is 0 Å². The van der Waals surface area contributed by atoms with Crippen LogP contribution in [-0.4, -0.2) is 37.6 Å². The van der Waals surface area contributed by atoms with Gasteiger partial charge in [-0.25, -0.2) is 4.79 Å². The van der Waals surface area contributed by atoms with Crippen LogP contribution in [0.2, 0.25) is 0 Å². The second-order valence-electron chi connectivity index (χ2n) is 5.67. The van der Waals surface area contributed by atoms with Crippen molar-refractivity contribution in [1.29, 1.82) is 0 Å². The Hall–Kier alpha value is -0.810. The topological polar surface area (TPSA) is 59.6 Å². The van der Waals surface area contributed by atoms with Crippen LogP contribution in [0, 0.1) is 0 Å². The Morgan fingerprint density at radius 2 is 1.84 bits per heavy atom. The summed E-state index contributed by atoms with van der Waals surface area (Å²) in [5, 5.41) is 5.93. The van der Waals surface area contributed by atoms with E-state index in [0.29, 0.717) is 19.0 Å². The van der Waals surface area contributed by atoms with Gasteiger partial charge in [0.2, 0.25) is 0 Å². The van der Waals surface area contributed by atoms with Crippen LogP contribution in [0.25, 0.3) is 0 Å². The van der Waals surface area contributed by atoms with E-state index in [1.165, 1.54) is 19.3 Å². The average Bonchev–Trinajstić information content (AvgIpc) is 2.40. The average molecular weight is 270 g/mol. The van der Waals surface area contributed by atoms with Crippen molar-refractivity contribution in [2.45, 2.75) is 63.7 Å². The molecule has 0 bridgehead atoms. The molecule has 2 fully saturated rings. The normalized spacial score (nSPS) is 23.8. The van der Waals surface area contributed by atoms with E-state index in [0.717, 1.165) is 32.5 Å². The lowest BCUT2D eigenvalue weighted by atomic mass is 9.96. The Morgan fingerprint density at radius 3 is 2.53 bits per heavy atom. The number of nitrogens with one attached hydrogen (secondary N) is 2. The third kappa shape index (κ3) is 4.99. The molecule has 1 heterocycles. The summed E-state index contributed by atoms with van der Waals surface area (Å²) in [4.78, 5) is 11.8. The van der Waals surface area contributed by atoms with Gasteiger partial charge in [-0.15, -0.1) is 0 Å². The SMILES string of the molecule is CC1(CCNC(=O)NC2CCCCC2)OCCCO1. The number of carbonyl (C=O) groups excluding carboxylic acids is 1. The largest absolute Gasteiger partial charge is 0.350 e. The van der Waals surface area contributed by atoms with Gasteiger partial charge in [0.15, 0.2) is 5.79 Å². The summed E-state index contributed by atoms with van der Waals surface area (Å²) in [6.45, 7) is 4.00. The van der Waals surface area contributed by atoms with Gasteiger partial charge < -0.3 is 20.1 Å². The minimum atomic E-state index is -0.531. The number of ether oxygens (including phenoxy) is 2. The lowest BCUT2D eigenvalue weighted by Crippen LogP contribution is -2.45. The smallest absolute Gasteiger partial charge is 0.315 e. The van der Waals surface area contributed by atoms with Crippen molar-refractivity contribution in [3.63, 3.8) is 0 Å². The van der Waals surface area contributed by atoms with Crippen molar-refractivity contribution in [3.05, 3.63) is 0 Å². The van der Waals surface area contributed by atoms with Crippen molar-refractivity contribution < 1.29 is 14.3 Å². The molecular formula is C14H26N2O3. The zero-order valence-electron chi connectivity index (χ0n) is 11.9. The highest BCUT2D eigenvalue weighted by molar-refractivity contribution is 5.74. The van der Waals surface area contributed by atoms with Gasteiger partial charge in [-0.2, -0.15) is 0 Å². The molecule has 2 amide bonds. The van der Waals surface area contributed by atoms with Crippen molar-refractivity contribution in [3.8, 4) is 0 Å². The van der Waals surface area contributed by atoms with E-state index in [9.17, 15) is 4.79 Å². The lowest BCUT2D eigenvalue weighted by Gasteiger charge is -2.34. The lowest BCUT2D eigenvalue weighted by molar-refractivity contribution is -0.257. The molecule has 5 nitrogen and oxygen atoms in total. The van der Waals surface area contributed by atoms with E-state index in [-0.39, 0.29) is 6.03 Å². The van der Waals surface area contributed by atoms with Gasteiger partial charge in [0, 0.05) is 19.0 Å². The Kier molecular flexibility index (Phi) is 5.45. The Morgan fingerprint density at radius 1 is 1.16 bits per heavy atom. The van der Waals surface area contributed by atoms with E-state index in [1.807, 2.05) is 6.92 Å². The second-order valence-corrected chi connectivity index (χ2v) is 5.67. The van der Waals surface area contributed by atoms with Crippen LogP contribution in [0.1, 0.15) is 51.9 Å². The molecular weight excluding hydrogens is 244 g/mol. The number of hydrogen-bond acceptors (Lipinski definition) is 3. The Labute approximate surface area is 115 Å². The van der Waals surface area contributed by atoms with Gasteiger partial charge in [-0.05, 0) is 26.2 Å². The van der Waals surface area contributed by atoms with Crippen LogP contribution in [0.15, 0.2) is 0 Å². The first kappa shape index (κ1) is 14.6. The summed E-state index contributed by atoms with van der Waals surface area (Å²) >= 11 is 0. The number of carbonyl (C=O) groups is 1. The van der Waals surface area contributed by atoms with E-state index in [1.54, 1.807) is 0 Å². The Bertz CT molecular complexity index is 284. The first-order chi connectivity index (χ1) is 9.18. The molecule has 1 saturated carbocycles. The van der Waals surface area contributed by atoms with E-state index >= 15 is 0 Å². The minimum absolute atomic E-state index is 0.0636.